The summed E-state index contributed by atoms with van der Waals surface area (Å²) in [5, 5.41) is 11.3. The summed E-state index contributed by atoms with van der Waals surface area (Å²) in [5.41, 5.74) is 0.725. The molecule has 0 unspecified atom stereocenters. The molecule has 0 N–H and O–H groups in total. The highest BCUT2D eigenvalue weighted by Gasteiger charge is 2.14. The third-order valence-electron chi connectivity index (χ3n) is 2.37. The summed E-state index contributed by atoms with van der Waals surface area (Å²) in [5.74, 6) is 0. The van der Waals surface area contributed by atoms with Crippen LogP contribution in [0.2, 0.25) is 5.02 Å². The molecule has 92 valence electrons. The van der Waals surface area contributed by atoms with Gasteiger partial charge in [0.05, 0.1) is 23.4 Å². The molecule has 2 rings (SSSR count). The molecule has 0 fully saturated rings. The van der Waals surface area contributed by atoms with Crippen molar-refractivity contribution in [3.8, 4) is 0 Å². The molecule has 0 spiro atoms. The molecule has 7 heteroatoms. The van der Waals surface area contributed by atoms with Crippen LogP contribution in [0.4, 0.5) is 5.69 Å². The van der Waals surface area contributed by atoms with Crippen LogP contribution in [0.3, 0.4) is 0 Å². The Labute approximate surface area is 107 Å². The monoisotopic (exact) mass is 265 g/mol. The number of carbonyl (C=O) groups is 1. The van der Waals surface area contributed by atoms with E-state index in [4.69, 9.17) is 11.6 Å². The van der Waals surface area contributed by atoms with Crippen molar-refractivity contribution in [2.45, 2.75) is 6.54 Å². The van der Waals surface area contributed by atoms with E-state index in [-0.39, 0.29) is 17.9 Å². The van der Waals surface area contributed by atoms with Crippen molar-refractivity contribution in [3.05, 3.63) is 57.1 Å². The van der Waals surface area contributed by atoms with E-state index in [1.54, 1.807) is 4.57 Å². The number of nitrogens with zero attached hydrogens (tertiary/aromatic N) is 3. The van der Waals surface area contributed by atoms with E-state index >= 15 is 0 Å². The van der Waals surface area contributed by atoms with Gasteiger partial charge in [0.25, 0.3) is 5.69 Å². The minimum atomic E-state index is -0.469. The summed E-state index contributed by atoms with van der Waals surface area (Å²) in [6, 6.07) is 4.35. The Morgan fingerprint density at radius 3 is 2.89 bits per heavy atom. The molecule has 0 radical (unpaired) electrons. The van der Waals surface area contributed by atoms with Gasteiger partial charge in [-0.25, -0.2) is 4.98 Å². The highest BCUT2D eigenvalue weighted by molar-refractivity contribution is 6.30. The third-order valence-corrected chi connectivity index (χ3v) is 2.60. The largest absolute Gasteiger partial charge is 0.332 e. The molecule has 0 aliphatic rings. The smallest absolute Gasteiger partial charge is 0.274 e. The van der Waals surface area contributed by atoms with Crippen molar-refractivity contribution < 1.29 is 9.72 Å². The standard InChI is InChI=1S/C11H8ClN3O3/c12-9-1-2-11(15(17)18)8(3-9)4-14-5-10(6-16)13-7-14/h1-3,5-7H,4H2. The van der Waals surface area contributed by atoms with Gasteiger partial charge in [0, 0.05) is 17.3 Å². The Balaban J connectivity index is 2.35. The summed E-state index contributed by atoms with van der Waals surface area (Å²) >= 11 is 5.82. The van der Waals surface area contributed by atoms with E-state index in [1.807, 2.05) is 0 Å². The van der Waals surface area contributed by atoms with Crippen molar-refractivity contribution in [3.63, 3.8) is 0 Å². The molecule has 0 bridgehead atoms. The molecule has 1 aromatic heterocycles. The lowest BCUT2D eigenvalue weighted by Crippen LogP contribution is -2.01. The zero-order valence-electron chi connectivity index (χ0n) is 9.12. The predicted molar refractivity (Wildman–Crippen MR) is 64.8 cm³/mol. The first kappa shape index (κ1) is 12.3. The van der Waals surface area contributed by atoms with Crippen LogP contribution in [-0.4, -0.2) is 20.8 Å². The molecule has 1 heterocycles. The number of benzene rings is 1. The van der Waals surface area contributed by atoms with Gasteiger partial charge in [0.1, 0.15) is 5.69 Å². The molecule has 0 saturated heterocycles. The second kappa shape index (κ2) is 4.97. The average Bonchev–Trinajstić information content (AvgIpc) is 2.76. The molecule has 0 amide bonds. The molecule has 0 aliphatic carbocycles. The van der Waals surface area contributed by atoms with Crippen molar-refractivity contribution in [2.24, 2.45) is 0 Å². The second-order valence-electron chi connectivity index (χ2n) is 3.62. The number of halogens is 1. The quantitative estimate of drug-likeness (QED) is 0.483. The Morgan fingerprint density at radius 1 is 1.50 bits per heavy atom. The van der Waals surface area contributed by atoms with Gasteiger partial charge in [-0.05, 0) is 12.1 Å². The van der Waals surface area contributed by atoms with Crippen LogP contribution in [0.5, 0.6) is 0 Å². The molecule has 1 aromatic carbocycles. The highest BCUT2D eigenvalue weighted by atomic mass is 35.5. The van der Waals surface area contributed by atoms with Crippen LogP contribution in [-0.2, 0) is 6.54 Å². The number of hydrogen-bond acceptors (Lipinski definition) is 4. The average molecular weight is 266 g/mol. The van der Waals surface area contributed by atoms with Gasteiger partial charge in [0.2, 0.25) is 0 Å². The van der Waals surface area contributed by atoms with Crippen LogP contribution in [0.1, 0.15) is 16.1 Å². The van der Waals surface area contributed by atoms with Gasteiger partial charge in [-0.2, -0.15) is 0 Å². The first-order chi connectivity index (χ1) is 8.60. The Morgan fingerprint density at radius 2 is 2.28 bits per heavy atom. The van der Waals surface area contributed by atoms with Gasteiger partial charge in [0.15, 0.2) is 6.29 Å². The fourth-order valence-corrected chi connectivity index (χ4v) is 1.77. The molecular weight excluding hydrogens is 258 g/mol. The topological polar surface area (TPSA) is 78.0 Å². The number of aromatic nitrogens is 2. The van der Waals surface area contributed by atoms with Crippen LogP contribution >= 0.6 is 11.6 Å². The molecule has 2 aromatic rings. The number of carbonyl (C=O) groups excluding carboxylic acids is 1. The lowest BCUT2D eigenvalue weighted by Gasteiger charge is -2.04. The lowest BCUT2D eigenvalue weighted by atomic mass is 10.2. The van der Waals surface area contributed by atoms with Crippen molar-refractivity contribution in [1.82, 2.24) is 9.55 Å². The second-order valence-corrected chi connectivity index (χ2v) is 4.06. The van der Waals surface area contributed by atoms with E-state index in [0.717, 1.165) is 0 Å². The normalized spacial score (nSPS) is 10.3. The van der Waals surface area contributed by atoms with E-state index in [9.17, 15) is 14.9 Å². The van der Waals surface area contributed by atoms with Crippen LogP contribution < -0.4 is 0 Å². The number of aldehydes is 1. The van der Waals surface area contributed by atoms with Gasteiger partial charge < -0.3 is 4.57 Å². The highest BCUT2D eigenvalue weighted by Crippen LogP contribution is 2.23. The van der Waals surface area contributed by atoms with Gasteiger partial charge in [-0.1, -0.05) is 11.6 Å². The van der Waals surface area contributed by atoms with Gasteiger partial charge in [-0.3, -0.25) is 14.9 Å². The maximum absolute atomic E-state index is 10.9. The molecule has 0 aliphatic heterocycles. The molecule has 18 heavy (non-hydrogen) atoms. The van der Waals surface area contributed by atoms with E-state index in [0.29, 0.717) is 16.9 Å². The number of nitro groups is 1. The summed E-state index contributed by atoms with van der Waals surface area (Å²) in [6.07, 6.45) is 3.56. The van der Waals surface area contributed by atoms with E-state index < -0.39 is 4.92 Å². The summed E-state index contributed by atoms with van der Waals surface area (Å²) in [4.78, 5) is 24.7. The van der Waals surface area contributed by atoms with Crippen molar-refractivity contribution in [1.29, 1.82) is 0 Å². The van der Waals surface area contributed by atoms with Crippen LogP contribution in [0, 0.1) is 10.1 Å². The minimum absolute atomic E-state index is 0.0132. The molecule has 6 nitrogen and oxygen atoms in total. The predicted octanol–water partition coefficient (Wildman–Crippen LogP) is 2.31. The van der Waals surface area contributed by atoms with Crippen LogP contribution in [0.15, 0.2) is 30.7 Å². The maximum atomic E-state index is 10.9. The number of rotatable bonds is 4. The Hall–Kier alpha value is -2.21. The SMILES string of the molecule is O=Cc1cn(Cc2cc(Cl)ccc2[N+](=O)[O-])cn1. The van der Waals surface area contributed by atoms with E-state index in [2.05, 4.69) is 4.98 Å². The zero-order valence-corrected chi connectivity index (χ0v) is 9.87. The summed E-state index contributed by atoms with van der Waals surface area (Å²) in [6.45, 7) is 0.234. The summed E-state index contributed by atoms with van der Waals surface area (Å²) in [7, 11) is 0. The Kier molecular flexibility index (Phi) is 3.38. The summed E-state index contributed by atoms with van der Waals surface area (Å²) < 4.78 is 1.59. The van der Waals surface area contributed by atoms with Gasteiger partial charge >= 0.3 is 0 Å². The number of imidazole rings is 1. The number of hydrogen-bond donors (Lipinski definition) is 0. The third kappa shape index (κ3) is 2.54. The zero-order chi connectivity index (χ0) is 13.1. The molecule has 0 atom stereocenters. The molecular formula is C11H8ClN3O3. The molecule has 0 saturated carbocycles. The maximum Gasteiger partial charge on any atom is 0.274 e. The fraction of sp³-hybridized carbons (Fsp3) is 0.0909. The Bertz CT molecular complexity index is 609. The first-order valence-corrected chi connectivity index (χ1v) is 5.37. The van der Waals surface area contributed by atoms with Crippen molar-refractivity contribution >= 4 is 23.6 Å². The first-order valence-electron chi connectivity index (χ1n) is 5.00. The van der Waals surface area contributed by atoms with Gasteiger partial charge in [-0.15, -0.1) is 0 Å². The van der Waals surface area contributed by atoms with Crippen LogP contribution in [0.25, 0.3) is 0 Å². The fourth-order valence-electron chi connectivity index (χ4n) is 1.58. The number of nitro benzene ring substituents is 1. The minimum Gasteiger partial charge on any atom is -0.332 e. The lowest BCUT2D eigenvalue weighted by molar-refractivity contribution is -0.385. The van der Waals surface area contributed by atoms with Crippen molar-refractivity contribution in [2.75, 3.05) is 0 Å². The van der Waals surface area contributed by atoms with E-state index in [1.165, 1.54) is 30.7 Å².